The number of rotatable bonds is 8. The van der Waals surface area contributed by atoms with E-state index in [0.29, 0.717) is 5.56 Å². The Kier molecular flexibility index (Phi) is 8.21. The summed E-state index contributed by atoms with van der Waals surface area (Å²) >= 11 is 0. The van der Waals surface area contributed by atoms with Crippen LogP contribution in [0.15, 0.2) is 108 Å². The molecule has 0 spiro atoms. The maximum Gasteiger partial charge on any atom is 0.351 e. The summed E-state index contributed by atoms with van der Waals surface area (Å²) in [7, 11) is 0. The highest BCUT2D eigenvalue weighted by molar-refractivity contribution is 6.03. The molecule has 4 aromatic rings. The van der Waals surface area contributed by atoms with Crippen molar-refractivity contribution in [2.75, 3.05) is 11.9 Å². The zero-order chi connectivity index (χ0) is 29.7. The van der Waals surface area contributed by atoms with Gasteiger partial charge >= 0.3 is 17.6 Å². The van der Waals surface area contributed by atoms with Gasteiger partial charge in [0.15, 0.2) is 18.0 Å². The zero-order valence-corrected chi connectivity index (χ0v) is 22.4. The first kappa shape index (κ1) is 28.4. The molecule has 1 N–H and O–H groups in total. The van der Waals surface area contributed by atoms with Crippen LogP contribution in [0.5, 0.6) is 0 Å². The molecule has 1 amide bonds. The number of esters is 2. The lowest BCUT2D eigenvalue weighted by Crippen LogP contribution is -2.45. The minimum atomic E-state index is -2.46. The zero-order valence-electron chi connectivity index (χ0n) is 22.4. The van der Waals surface area contributed by atoms with Gasteiger partial charge in [-0.1, -0.05) is 54.6 Å². The van der Waals surface area contributed by atoms with Crippen LogP contribution in [0.1, 0.15) is 44.2 Å². The Morgan fingerprint density at radius 1 is 0.881 bits per heavy atom. The monoisotopic (exact) mass is 571 g/mol. The summed E-state index contributed by atoms with van der Waals surface area (Å²) in [5.41, 5.74) is -2.59. The lowest BCUT2D eigenvalue weighted by Gasteiger charge is -2.27. The summed E-state index contributed by atoms with van der Waals surface area (Å²) in [5, 5.41) is 2.52. The van der Waals surface area contributed by atoms with Gasteiger partial charge in [0, 0.05) is 11.8 Å². The van der Waals surface area contributed by atoms with E-state index in [2.05, 4.69) is 10.3 Å². The van der Waals surface area contributed by atoms with Crippen LogP contribution >= 0.6 is 0 Å². The Balaban J connectivity index is 1.39. The number of nitrogens with zero attached hydrogens (tertiary/aromatic N) is 2. The summed E-state index contributed by atoms with van der Waals surface area (Å²) < 4.78 is 34.2. The Morgan fingerprint density at radius 3 is 2.00 bits per heavy atom. The Labute approximate surface area is 239 Å². The molecule has 5 rings (SSSR count). The molecule has 1 saturated heterocycles. The topological polar surface area (TPSA) is 126 Å². The fourth-order valence-corrected chi connectivity index (χ4v) is 4.54. The molecule has 3 aromatic carbocycles. The first-order chi connectivity index (χ1) is 20.2. The van der Waals surface area contributed by atoms with Crippen molar-refractivity contribution in [2.24, 2.45) is 0 Å². The van der Waals surface area contributed by atoms with Crippen LogP contribution in [0.4, 0.5) is 10.2 Å². The van der Waals surface area contributed by atoms with Crippen molar-refractivity contribution in [3.05, 3.63) is 130 Å². The Bertz CT molecular complexity index is 1630. The van der Waals surface area contributed by atoms with Crippen LogP contribution in [0.2, 0.25) is 0 Å². The molecule has 214 valence electrons. The van der Waals surface area contributed by atoms with E-state index >= 15 is 4.39 Å². The van der Waals surface area contributed by atoms with Crippen LogP contribution in [0.3, 0.4) is 0 Å². The molecular formula is C31H26FN3O7. The number of aromatic nitrogens is 2. The van der Waals surface area contributed by atoms with Gasteiger partial charge in [-0.2, -0.15) is 4.98 Å². The molecule has 0 radical (unpaired) electrons. The highest BCUT2D eigenvalue weighted by Crippen LogP contribution is 2.43. The molecule has 4 atom stereocenters. The van der Waals surface area contributed by atoms with E-state index in [4.69, 9.17) is 14.2 Å². The predicted octanol–water partition coefficient (Wildman–Crippen LogP) is 4.20. The van der Waals surface area contributed by atoms with Crippen molar-refractivity contribution in [3.63, 3.8) is 0 Å². The van der Waals surface area contributed by atoms with Gasteiger partial charge in [0.2, 0.25) is 0 Å². The second-order valence-electron chi connectivity index (χ2n) is 9.66. The third kappa shape index (κ3) is 6.11. The van der Waals surface area contributed by atoms with Crippen molar-refractivity contribution in [1.82, 2.24) is 9.55 Å². The number of ether oxygens (including phenoxy) is 3. The van der Waals surface area contributed by atoms with Crippen LogP contribution in [0, 0.1) is 0 Å². The van der Waals surface area contributed by atoms with Gasteiger partial charge in [-0.15, -0.1) is 0 Å². The molecule has 1 fully saturated rings. The van der Waals surface area contributed by atoms with Gasteiger partial charge in [0.1, 0.15) is 18.5 Å². The van der Waals surface area contributed by atoms with E-state index in [9.17, 15) is 19.2 Å². The Morgan fingerprint density at radius 2 is 1.43 bits per heavy atom. The number of hydrogen-bond acceptors (Lipinski definition) is 8. The molecule has 1 aliphatic heterocycles. The summed E-state index contributed by atoms with van der Waals surface area (Å²) in [4.78, 5) is 54.8. The largest absolute Gasteiger partial charge is 0.459 e. The average Bonchev–Trinajstić information content (AvgIpc) is 3.25. The standard InChI is InChI=1S/C31H26FN3O7/c1-31(32)25(42-28(38)22-15-9-4-10-16-22)23(19-40-27(37)21-13-7-3-8-14-21)41-29(31)35-18-17-24(34-30(35)39)33-26(36)20-11-5-2-6-12-20/h2-18,23,25,29H,19H2,1H3,(H,33,34,36,39)/t23-,25+,29?,31?/m1/s1. The van der Waals surface area contributed by atoms with E-state index in [-0.39, 0.29) is 16.9 Å². The van der Waals surface area contributed by atoms with Crippen LogP contribution in [0.25, 0.3) is 0 Å². The third-order valence-corrected chi connectivity index (χ3v) is 6.67. The predicted molar refractivity (Wildman–Crippen MR) is 149 cm³/mol. The number of benzene rings is 3. The molecule has 2 unspecified atom stereocenters. The number of halogens is 1. The summed E-state index contributed by atoms with van der Waals surface area (Å²) in [5.74, 6) is -2.05. The average molecular weight is 572 g/mol. The molecule has 1 aromatic heterocycles. The molecule has 2 heterocycles. The number of hydrogen-bond donors (Lipinski definition) is 1. The van der Waals surface area contributed by atoms with Gasteiger partial charge < -0.3 is 19.5 Å². The van der Waals surface area contributed by atoms with Crippen LogP contribution < -0.4 is 11.0 Å². The number of alkyl halides is 1. The molecule has 10 nitrogen and oxygen atoms in total. The van der Waals surface area contributed by atoms with Gasteiger partial charge in [-0.25, -0.2) is 18.8 Å². The number of nitrogens with one attached hydrogen (secondary N) is 1. The van der Waals surface area contributed by atoms with Crippen molar-refractivity contribution >= 4 is 23.7 Å². The van der Waals surface area contributed by atoms with Gasteiger partial charge in [-0.3, -0.25) is 9.36 Å². The second-order valence-corrected chi connectivity index (χ2v) is 9.66. The van der Waals surface area contributed by atoms with Crippen molar-refractivity contribution in [1.29, 1.82) is 0 Å². The number of amides is 1. The van der Waals surface area contributed by atoms with Gasteiger partial charge in [0.05, 0.1) is 11.1 Å². The normalized spacial score (nSPS) is 21.3. The number of carbonyl (C=O) groups is 3. The van der Waals surface area contributed by atoms with E-state index in [1.807, 2.05) is 0 Å². The minimum absolute atomic E-state index is 0.0518. The molecule has 11 heteroatoms. The van der Waals surface area contributed by atoms with Gasteiger partial charge in [-0.05, 0) is 49.4 Å². The molecule has 0 saturated carbocycles. The second kappa shape index (κ2) is 12.1. The molecule has 0 aliphatic carbocycles. The van der Waals surface area contributed by atoms with E-state index in [1.54, 1.807) is 78.9 Å². The highest BCUT2D eigenvalue weighted by atomic mass is 19.1. The van der Waals surface area contributed by atoms with Crippen molar-refractivity contribution < 1.29 is 33.0 Å². The molecule has 1 aliphatic rings. The maximum atomic E-state index is 16.5. The van der Waals surface area contributed by atoms with E-state index in [1.165, 1.54) is 24.4 Å². The summed E-state index contributed by atoms with van der Waals surface area (Å²) in [6, 6.07) is 25.8. The quantitative estimate of drug-likeness (QED) is 0.312. The minimum Gasteiger partial charge on any atom is -0.459 e. The maximum absolute atomic E-state index is 16.5. The first-order valence-corrected chi connectivity index (χ1v) is 13.0. The third-order valence-electron chi connectivity index (χ3n) is 6.67. The first-order valence-electron chi connectivity index (χ1n) is 13.0. The lowest BCUT2D eigenvalue weighted by atomic mass is 9.98. The fraction of sp³-hybridized carbons (Fsp3) is 0.194. The van der Waals surface area contributed by atoms with E-state index in [0.717, 1.165) is 11.5 Å². The smallest absolute Gasteiger partial charge is 0.351 e. The molecule has 42 heavy (non-hydrogen) atoms. The van der Waals surface area contributed by atoms with Crippen molar-refractivity contribution in [3.8, 4) is 0 Å². The number of anilines is 1. The van der Waals surface area contributed by atoms with Crippen LogP contribution in [-0.4, -0.2) is 51.9 Å². The summed E-state index contributed by atoms with van der Waals surface area (Å²) in [6.45, 7) is 0.654. The van der Waals surface area contributed by atoms with Crippen molar-refractivity contribution in [2.45, 2.75) is 31.0 Å². The SMILES string of the molecule is CC1(F)C(n2ccc(NC(=O)c3ccccc3)nc2=O)O[C@H](COC(=O)c2ccccc2)[C@@H]1OC(=O)c1ccccc1. The fourth-order valence-electron chi connectivity index (χ4n) is 4.54. The van der Waals surface area contributed by atoms with Gasteiger partial charge in [0.25, 0.3) is 5.91 Å². The highest BCUT2D eigenvalue weighted by Gasteiger charge is 2.58. The number of carbonyl (C=O) groups excluding carboxylic acids is 3. The Hall–Kier alpha value is -5.16. The lowest BCUT2D eigenvalue weighted by molar-refractivity contribution is -0.0648. The molecular weight excluding hydrogens is 545 g/mol. The molecule has 0 bridgehead atoms. The van der Waals surface area contributed by atoms with E-state index < -0.39 is 54.2 Å². The summed E-state index contributed by atoms with van der Waals surface area (Å²) in [6.07, 6.45) is -3.23. The van der Waals surface area contributed by atoms with Crippen LogP contribution in [-0.2, 0) is 14.2 Å².